The lowest BCUT2D eigenvalue weighted by Gasteiger charge is -2.03. The first-order valence-corrected chi connectivity index (χ1v) is 7.14. The first kappa shape index (κ1) is 16.1. The highest BCUT2D eigenvalue weighted by Gasteiger charge is 2.18. The van der Waals surface area contributed by atoms with Gasteiger partial charge in [-0.15, -0.1) is 0 Å². The molecule has 3 aromatic rings. The van der Waals surface area contributed by atoms with Gasteiger partial charge in [0.05, 0.1) is 4.92 Å². The van der Waals surface area contributed by atoms with Crippen LogP contribution < -0.4 is 27.3 Å². The number of thiazole rings is 1. The van der Waals surface area contributed by atoms with E-state index < -0.39 is 4.92 Å². The van der Waals surface area contributed by atoms with Crippen molar-refractivity contribution in [1.29, 1.82) is 0 Å². The monoisotopic (exact) mass is 377 g/mol. The third-order valence-electron chi connectivity index (χ3n) is 3.14. The molecule has 7 heteroatoms. The van der Waals surface area contributed by atoms with Crippen LogP contribution in [0.25, 0.3) is 16.9 Å². The minimum absolute atomic E-state index is 0. The SMILES string of the molecule is Nc1scc(-c2ccc([N+](=O)[O-])cc2)[n+]1-c1ccccc1.[Br-]. The summed E-state index contributed by atoms with van der Waals surface area (Å²) in [6, 6.07) is 16.2. The van der Waals surface area contributed by atoms with Crippen molar-refractivity contribution >= 4 is 22.2 Å². The number of nitro groups is 1. The van der Waals surface area contributed by atoms with Crippen LogP contribution >= 0.6 is 11.3 Å². The molecule has 2 aromatic carbocycles. The fourth-order valence-corrected chi connectivity index (χ4v) is 2.92. The zero-order chi connectivity index (χ0) is 14.8. The van der Waals surface area contributed by atoms with E-state index in [2.05, 4.69) is 0 Å². The van der Waals surface area contributed by atoms with Crippen LogP contribution in [-0.2, 0) is 0 Å². The Morgan fingerprint density at radius 1 is 1.05 bits per heavy atom. The van der Waals surface area contributed by atoms with E-state index in [4.69, 9.17) is 5.73 Å². The minimum atomic E-state index is -0.406. The van der Waals surface area contributed by atoms with Crippen LogP contribution in [-0.4, -0.2) is 4.92 Å². The summed E-state index contributed by atoms with van der Waals surface area (Å²) in [5.41, 5.74) is 8.90. The second-order valence-electron chi connectivity index (χ2n) is 4.43. The van der Waals surface area contributed by atoms with Gasteiger partial charge in [0.15, 0.2) is 5.69 Å². The van der Waals surface area contributed by atoms with Gasteiger partial charge < -0.3 is 17.0 Å². The Kier molecular flexibility index (Phi) is 4.89. The minimum Gasteiger partial charge on any atom is -1.00 e. The van der Waals surface area contributed by atoms with E-state index in [0.29, 0.717) is 5.13 Å². The van der Waals surface area contributed by atoms with Crippen LogP contribution in [0.15, 0.2) is 60.0 Å². The van der Waals surface area contributed by atoms with Gasteiger partial charge in [-0.3, -0.25) is 15.8 Å². The van der Waals surface area contributed by atoms with Crippen molar-refractivity contribution < 1.29 is 26.5 Å². The zero-order valence-electron chi connectivity index (χ0n) is 11.3. The van der Waals surface area contributed by atoms with Crippen molar-refractivity contribution in [3.05, 3.63) is 70.1 Å². The first-order valence-electron chi connectivity index (χ1n) is 6.26. The van der Waals surface area contributed by atoms with E-state index in [0.717, 1.165) is 16.9 Å². The summed E-state index contributed by atoms with van der Waals surface area (Å²) in [5, 5.41) is 13.3. The Morgan fingerprint density at radius 3 is 2.27 bits per heavy atom. The highest BCUT2D eigenvalue weighted by molar-refractivity contribution is 7.13. The highest BCUT2D eigenvalue weighted by atomic mass is 79.9. The third-order valence-corrected chi connectivity index (χ3v) is 3.91. The van der Waals surface area contributed by atoms with E-state index >= 15 is 0 Å². The summed E-state index contributed by atoms with van der Waals surface area (Å²) in [4.78, 5) is 10.3. The van der Waals surface area contributed by atoms with Crippen molar-refractivity contribution in [1.82, 2.24) is 0 Å². The molecule has 0 fully saturated rings. The van der Waals surface area contributed by atoms with Gasteiger partial charge in [-0.2, -0.15) is 4.57 Å². The number of hydrogen-bond donors (Lipinski definition) is 1. The molecule has 1 aromatic heterocycles. The maximum absolute atomic E-state index is 10.7. The average molecular weight is 378 g/mol. The molecule has 3 rings (SSSR count). The van der Waals surface area contributed by atoms with E-state index in [1.807, 2.05) is 40.3 Å². The van der Waals surface area contributed by atoms with Gasteiger partial charge in [-0.25, -0.2) is 0 Å². The molecular weight excluding hydrogens is 366 g/mol. The number of nitrogens with two attached hydrogens (primary N) is 1. The number of nitro benzene ring substituents is 1. The summed E-state index contributed by atoms with van der Waals surface area (Å²) in [7, 11) is 0. The number of hydrogen-bond acceptors (Lipinski definition) is 4. The fraction of sp³-hybridized carbons (Fsp3) is 0. The van der Waals surface area contributed by atoms with Gasteiger partial charge in [-0.05, 0) is 24.3 Å². The molecule has 0 saturated carbocycles. The molecule has 2 N–H and O–H groups in total. The van der Waals surface area contributed by atoms with Crippen LogP contribution in [0, 0.1) is 10.1 Å². The zero-order valence-corrected chi connectivity index (χ0v) is 13.8. The van der Waals surface area contributed by atoms with Crippen molar-refractivity contribution in [2.75, 3.05) is 5.73 Å². The predicted molar refractivity (Wildman–Crippen MR) is 82.4 cm³/mol. The first-order chi connectivity index (χ1) is 10.2. The quantitative estimate of drug-likeness (QED) is 0.402. The Hall–Kier alpha value is -2.25. The molecule has 1 heterocycles. The van der Waals surface area contributed by atoms with E-state index in [1.54, 1.807) is 12.1 Å². The molecule has 22 heavy (non-hydrogen) atoms. The largest absolute Gasteiger partial charge is 1.00 e. The summed E-state index contributed by atoms with van der Waals surface area (Å²) in [6.45, 7) is 0. The van der Waals surface area contributed by atoms with Crippen molar-refractivity contribution in [3.63, 3.8) is 0 Å². The molecule has 0 saturated heterocycles. The molecule has 0 atom stereocenters. The lowest BCUT2D eigenvalue weighted by atomic mass is 10.1. The van der Waals surface area contributed by atoms with Crippen LogP contribution in [0.5, 0.6) is 0 Å². The third kappa shape index (κ3) is 3.00. The predicted octanol–water partition coefficient (Wildman–Crippen LogP) is 0.186. The topological polar surface area (TPSA) is 73.0 Å². The molecular formula is C15H12BrN3O2S. The number of rotatable bonds is 3. The summed E-state index contributed by atoms with van der Waals surface area (Å²) >= 11 is 1.44. The summed E-state index contributed by atoms with van der Waals surface area (Å²) < 4.78 is 1.94. The Morgan fingerprint density at radius 2 is 1.68 bits per heavy atom. The molecule has 0 spiro atoms. The second-order valence-corrected chi connectivity index (χ2v) is 5.32. The molecule has 0 bridgehead atoms. The van der Waals surface area contributed by atoms with Gasteiger partial charge in [0.1, 0.15) is 5.69 Å². The number of halogens is 1. The van der Waals surface area contributed by atoms with E-state index in [-0.39, 0.29) is 22.7 Å². The van der Waals surface area contributed by atoms with Crippen LogP contribution in [0.2, 0.25) is 0 Å². The highest BCUT2D eigenvalue weighted by Crippen LogP contribution is 2.25. The van der Waals surface area contributed by atoms with Crippen molar-refractivity contribution in [2.24, 2.45) is 0 Å². The fourth-order valence-electron chi connectivity index (χ4n) is 2.13. The standard InChI is InChI=1S/C15H11N3O2S.BrH/c16-15-17(12-4-2-1-3-5-12)14(10-21-15)11-6-8-13(9-7-11)18(19)20;/h1-10,16H;1H. The van der Waals surface area contributed by atoms with Crippen molar-refractivity contribution in [2.45, 2.75) is 0 Å². The second kappa shape index (κ2) is 6.67. The molecule has 0 radical (unpaired) electrons. The maximum Gasteiger partial charge on any atom is 0.337 e. The number of aromatic nitrogens is 1. The Labute approximate surface area is 141 Å². The Balaban J connectivity index is 0.00000176. The lowest BCUT2D eigenvalue weighted by molar-refractivity contribution is -0.563. The molecule has 0 aliphatic rings. The Bertz CT molecular complexity index is 788. The maximum atomic E-state index is 10.7. The van der Waals surface area contributed by atoms with Crippen LogP contribution in [0.3, 0.4) is 0 Å². The number of nitrogen functional groups attached to an aromatic ring is 1. The molecule has 0 unspecified atom stereocenters. The van der Waals surface area contributed by atoms with Gasteiger partial charge in [-0.1, -0.05) is 29.5 Å². The van der Waals surface area contributed by atoms with E-state index in [1.165, 1.54) is 23.5 Å². The summed E-state index contributed by atoms with van der Waals surface area (Å²) in [6.07, 6.45) is 0. The van der Waals surface area contributed by atoms with Crippen LogP contribution in [0.1, 0.15) is 0 Å². The lowest BCUT2D eigenvalue weighted by Crippen LogP contribution is -3.00. The molecule has 0 amide bonds. The smallest absolute Gasteiger partial charge is 0.337 e. The normalized spacial score (nSPS) is 10.0. The number of nitrogens with zero attached hydrogens (tertiary/aromatic N) is 2. The molecule has 5 nitrogen and oxygen atoms in total. The number of anilines is 1. The number of non-ortho nitro benzene ring substituents is 1. The van der Waals surface area contributed by atoms with Gasteiger partial charge in [0.2, 0.25) is 0 Å². The van der Waals surface area contributed by atoms with Crippen LogP contribution in [0.4, 0.5) is 10.8 Å². The van der Waals surface area contributed by atoms with Gasteiger partial charge in [0, 0.05) is 23.1 Å². The molecule has 0 aliphatic carbocycles. The summed E-state index contributed by atoms with van der Waals surface area (Å²) in [5.74, 6) is 0. The van der Waals surface area contributed by atoms with Gasteiger partial charge >= 0.3 is 5.13 Å². The molecule has 112 valence electrons. The average Bonchev–Trinajstić information content (AvgIpc) is 2.90. The molecule has 0 aliphatic heterocycles. The van der Waals surface area contributed by atoms with Crippen molar-refractivity contribution in [3.8, 4) is 16.9 Å². The number of benzene rings is 2. The van der Waals surface area contributed by atoms with E-state index in [9.17, 15) is 10.1 Å². The van der Waals surface area contributed by atoms with Gasteiger partial charge in [0.25, 0.3) is 5.69 Å². The number of para-hydroxylation sites is 1.